The lowest BCUT2D eigenvalue weighted by molar-refractivity contribution is 0.0136. The van der Waals surface area contributed by atoms with E-state index in [1.807, 2.05) is 56.3 Å². The number of rotatable bonds is 7. The standard InChI is InChI=1S/C27H29NO4/c1-17-13-18(2)15-19(14-17)26(30)25(29)11-12-28-27(31)32-16-24-22-9-5-3-7-20(22)21-8-4-6-10-23(21)24/h3-10,13-15,24-26,29-30H,11-12,16H2,1-2H3,(H,28,31). The zero-order valence-corrected chi connectivity index (χ0v) is 18.4. The smallest absolute Gasteiger partial charge is 0.407 e. The summed E-state index contributed by atoms with van der Waals surface area (Å²) >= 11 is 0. The van der Waals surface area contributed by atoms with Crippen LogP contribution in [0.1, 0.15) is 46.3 Å². The molecule has 166 valence electrons. The predicted molar refractivity (Wildman–Crippen MR) is 125 cm³/mol. The first kappa shape index (κ1) is 22.1. The van der Waals surface area contributed by atoms with Crippen LogP contribution < -0.4 is 5.32 Å². The molecule has 0 saturated carbocycles. The van der Waals surface area contributed by atoms with Crippen molar-refractivity contribution in [1.82, 2.24) is 5.32 Å². The van der Waals surface area contributed by atoms with E-state index in [2.05, 4.69) is 29.6 Å². The van der Waals surface area contributed by atoms with E-state index in [1.54, 1.807) is 0 Å². The van der Waals surface area contributed by atoms with Gasteiger partial charge < -0.3 is 20.3 Å². The Kier molecular flexibility index (Phi) is 6.58. The Bertz CT molecular complexity index is 1040. The molecule has 5 heteroatoms. The Hall–Kier alpha value is -3.15. The van der Waals surface area contributed by atoms with Crippen molar-refractivity contribution in [2.45, 2.75) is 38.4 Å². The topological polar surface area (TPSA) is 78.8 Å². The summed E-state index contributed by atoms with van der Waals surface area (Å²) in [4.78, 5) is 12.3. The van der Waals surface area contributed by atoms with E-state index >= 15 is 0 Å². The van der Waals surface area contributed by atoms with E-state index in [-0.39, 0.29) is 25.5 Å². The number of aliphatic hydroxyl groups is 2. The van der Waals surface area contributed by atoms with Crippen molar-refractivity contribution in [3.8, 4) is 11.1 Å². The van der Waals surface area contributed by atoms with Gasteiger partial charge in [-0.2, -0.15) is 0 Å². The number of carbonyl (C=O) groups excluding carboxylic acids is 1. The molecule has 0 radical (unpaired) electrons. The number of aryl methyl sites for hydroxylation is 2. The zero-order valence-electron chi connectivity index (χ0n) is 18.4. The Balaban J connectivity index is 1.29. The molecule has 32 heavy (non-hydrogen) atoms. The van der Waals surface area contributed by atoms with Crippen LogP contribution in [0, 0.1) is 13.8 Å². The fourth-order valence-electron chi connectivity index (χ4n) is 4.53. The number of nitrogens with one attached hydrogen (secondary N) is 1. The van der Waals surface area contributed by atoms with Crippen LogP contribution in [0.5, 0.6) is 0 Å². The summed E-state index contributed by atoms with van der Waals surface area (Å²) in [6.45, 7) is 4.36. The van der Waals surface area contributed by atoms with E-state index in [1.165, 1.54) is 11.1 Å². The highest BCUT2D eigenvalue weighted by atomic mass is 16.5. The van der Waals surface area contributed by atoms with Gasteiger partial charge in [0, 0.05) is 12.5 Å². The maximum Gasteiger partial charge on any atom is 0.407 e. The summed E-state index contributed by atoms with van der Waals surface area (Å²) in [5, 5.41) is 23.5. The third-order valence-corrected chi connectivity index (χ3v) is 6.00. The maximum atomic E-state index is 12.3. The minimum Gasteiger partial charge on any atom is -0.449 e. The molecule has 3 N–H and O–H groups in total. The van der Waals surface area contributed by atoms with Crippen LogP contribution >= 0.6 is 0 Å². The molecule has 0 heterocycles. The second-order valence-corrected chi connectivity index (χ2v) is 8.47. The fraction of sp³-hybridized carbons (Fsp3) is 0.296. The molecule has 1 aliphatic rings. The Labute approximate surface area is 188 Å². The van der Waals surface area contributed by atoms with Gasteiger partial charge in [-0.05, 0) is 48.1 Å². The molecule has 0 spiro atoms. The fourth-order valence-corrected chi connectivity index (χ4v) is 4.53. The van der Waals surface area contributed by atoms with Crippen LogP contribution in [0.2, 0.25) is 0 Å². The number of hydrogen-bond donors (Lipinski definition) is 3. The van der Waals surface area contributed by atoms with E-state index in [0.29, 0.717) is 5.56 Å². The molecule has 1 amide bonds. The third-order valence-electron chi connectivity index (χ3n) is 6.00. The number of alkyl carbamates (subject to hydrolysis) is 1. The molecule has 0 aromatic heterocycles. The van der Waals surface area contributed by atoms with Gasteiger partial charge in [0.15, 0.2) is 0 Å². The van der Waals surface area contributed by atoms with Crippen LogP contribution in [0.25, 0.3) is 11.1 Å². The SMILES string of the molecule is Cc1cc(C)cc(C(O)C(O)CCNC(=O)OCC2c3ccccc3-c3ccccc32)c1. The molecule has 2 unspecified atom stereocenters. The summed E-state index contributed by atoms with van der Waals surface area (Å²) in [5.41, 5.74) is 7.42. The lowest BCUT2D eigenvalue weighted by Gasteiger charge is -2.19. The van der Waals surface area contributed by atoms with Crippen LogP contribution in [0.4, 0.5) is 4.79 Å². The molecule has 3 aromatic carbocycles. The first-order chi connectivity index (χ1) is 15.4. The highest BCUT2D eigenvalue weighted by Gasteiger charge is 2.29. The van der Waals surface area contributed by atoms with Crippen LogP contribution in [0.15, 0.2) is 66.7 Å². The molecular weight excluding hydrogens is 402 g/mol. The number of hydrogen-bond acceptors (Lipinski definition) is 4. The second kappa shape index (κ2) is 9.55. The molecule has 0 saturated heterocycles. The van der Waals surface area contributed by atoms with Gasteiger partial charge in [0.05, 0.1) is 6.10 Å². The first-order valence-electron chi connectivity index (χ1n) is 11.0. The summed E-state index contributed by atoms with van der Waals surface area (Å²) in [7, 11) is 0. The quantitative estimate of drug-likeness (QED) is 0.510. The lowest BCUT2D eigenvalue weighted by atomic mass is 9.98. The average Bonchev–Trinajstić information content (AvgIpc) is 3.10. The highest BCUT2D eigenvalue weighted by Crippen LogP contribution is 2.44. The largest absolute Gasteiger partial charge is 0.449 e. The average molecular weight is 432 g/mol. The van der Waals surface area contributed by atoms with Crippen molar-refractivity contribution in [2.24, 2.45) is 0 Å². The van der Waals surface area contributed by atoms with Crippen molar-refractivity contribution < 1.29 is 19.7 Å². The minimum atomic E-state index is -1.00. The van der Waals surface area contributed by atoms with Crippen LogP contribution in [0.3, 0.4) is 0 Å². The summed E-state index contributed by atoms with van der Waals surface area (Å²) in [6.07, 6.45) is -2.29. The highest BCUT2D eigenvalue weighted by molar-refractivity contribution is 5.79. The van der Waals surface area contributed by atoms with Gasteiger partial charge in [-0.15, -0.1) is 0 Å². The van der Waals surface area contributed by atoms with Crippen LogP contribution in [-0.2, 0) is 4.74 Å². The summed E-state index contributed by atoms with van der Waals surface area (Å²) in [6, 6.07) is 22.1. The third kappa shape index (κ3) is 4.69. The molecular formula is C27H29NO4. The molecule has 0 bridgehead atoms. The number of ether oxygens (including phenoxy) is 1. The van der Waals surface area contributed by atoms with Gasteiger partial charge in [-0.1, -0.05) is 77.9 Å². The first-order valence-corrected chi connectivity index (χ1v) is 11.0. The van der Waals surface area contributed by atoms with E-state index < -0.39 is 18.3 Å². The van der Waals surface area contributed by atoms with Gasteiger partial charge >= 0.3 is 6.09 Å². The second-order valence-electron chi connectivity index (χ2n) is 8.47. The van der Waals surface area contributed by atoms with Gasteiger partial charge in [-0.25, -0.2) is 4.79 Å². The Morgan fingerprint density at radius 1 is 0.938 bits per heavy atom. The number of amides is 1. The van der Waals surface area contributed by atoms with Gasteiger partial charge in [-0.3, -0.25) is 0 Å². The summed E-state index contributed by atoms with van der Waals surface area (Å²) in [5.74, 6) is 0.00474. The Morgan fingerprint density at radius 3 is 2.09 bits per heavy atom. The number of fused-ring (bicyclic) bond motifs is 3. The van der Waals surface area contributed by atoms with Crippen molar-refractivity contribution in [3.63, 3.8) is 0 Å². The van der Waals surface area contributed by atoms with E-state index in [4.69, 9.17) is 4.74 Å². The van der Waals surface area contributed by atoms with E-state index in [0.717, 1.165) is 22.3 Å². The van der Waals surface area contributed by atoms with Crippen molar-refractivity contribution in [2.75, 3.05) is 13.2 Å². The summed E-state index contributed by atoms with van der Waals surface area (Å²) < 4.78 is 5.50. The molecule has 0 aliphatic heterocycles. The molecule has 2 atom stereocenters. The minimum absolute atomic E-state index is 0.00474. The molecule has 1 aliphatic carbocycles. The molecule has 3 aromatic rings. The Morgan fingerprint density at radius 2 is 1.50 bits per heavy atom. The van der Waals surface area contributed by atoms with Gasteiger partial charge in [0.2, 0.25) is 0 Å². The van der Waals surface area contributed by atoms with E-state index in [9.17, 15) is 15.0 Å². The normalized spacial score (nSPS) is 14.4. The van der Waals surface area contributed by atoms with Crippen LogP contribution in [-0.4, -0.2) is 35.6 Å². The molecule has 5 nitrogen and oxygen atoms in total. The lowest BCUT2D eigenvalue weighted by Crippen LogP contribution is -2.30. The molecule has 4 rings (SSSR count). The number of aliphatic hydroxyl groups excluding tert-OH is 2. The van der Waals surface area contributed by atoms with Crippen molar-refractivity contribution in [3.05, 3.63) is 94.5 Å². The predicted octanol–water partition coefficient (Wildman–Crippen LogP) is 4.63. The zero-order chi connectivity index (χ0) is 22.7. The maximum absolute atomic E-state index is 12.3. The number of carbonyl (C=O) groups is 1. The van der Waals surface area contributed by atoms with Crippen molar-refractivity contribution in [1.29, 1.82) is 0 Å². The van der Waals surface area contributed by atoms with Gasteiger partial charge in [0.1, 0.15) is 12.7 Å². The molecule has 0 fully saturated rings. The van der Waals surface area contributed by atoms with Gasteiger partial charge in [0.25, 0.3) is 0 Å². The van der Waals surface area contributed by atoms with Crippen molar-refractivity contribution >= 4 is 6.09 Å². The monoisotopic (exact) mass is 431 g/mol. The number of benzene rings is 3.